The molecule has 1 saturated heterocycles. The van der Waals surface area contributed by atoms with Gasteiger partial charge in [0.15, 0.2) is 5.84 Å². The van der Waals surface area contributed by atoms with E-state index in [0.717, 1.165) is 5.69 Å². The number of rotatable bonds is 3. The second-order valence-electron chi connectivity index (χ2n) is 7.91. The maximum atomic E-state index is 14.4. The highest BCUT2D eigenvalue weighted by Crippen LogP contribution is 2.30. The lowest BCUT2D eigenvalue weighted by molar-refractivity contribution is -0.121. The van der Waals surface area contributed by atoms with E-state index in [1.807, 2.05) is 34.0 Å². The predicted octanol–water partition coefficient (Wildman–Crippen LogP) is 3.42. The second-order valence-corrected chi connectivity index (χ2v) is 9.49. The number of nitrogens with zero attached hydrogens (tertiary/aromatic N) is 3. The van der Waals surface area contributed by atoms with E-state index >= 15 is 0 Å². The molecule has 3 heterocycles. The molecular formula is C23H21FN4O3S. The van der Waals surface area contributed by atoms with Gasteiger partial charge in [0.1, 0.15) is 10.7 Å². The molecule has 0 saturated carbocycles. The van der Waals surface area contributed by atoms with Gasteiger partial charge in [0.2, 0.25) is 5.91 Å². The molecule has 5 rings (SSSR count). The number of carbonyl (C=O) groups is 1. The number of benzene rings is 2. The first-order chi connectivity index (χ1) is 15.4. The zero-order valence-corrected chi connectivity index (χ0v) is 17.9. The molecule has 0 bridgehead atoms. The van der Waals surface area contributed by atoms with Crippen molar-refractivity contribution in [2.45, 2.75) is 17.7 Å². The summed E-state index contributed by atoms with van der Waals surface area (Å²) in [6, 6.07) is 15.0. The fourth-order valence-corrected chi connectivity index (χ4v) is 5.44. The van der Waals surface area contributed by atoms with Crippen LogP contribution in [0.1, 0.15) is 18.4 Å². The number of carbonyl (C=O) groups excluding carboxylic acids is 1. The van der Waals surface area contributed by atoms with Crippen LogP contribution in [0.25, 0.3) is 5.69 Å². The molecular weight excluding hydrogens is 431 g/mol. The topological polar surface area (TPSA) is 83.8 Å². The summed E-state index contributed by atoms with van der Waals surface area (Å²) in [5, 5.41) is 2.72. The van der Waals surface area contributed by atoms with E-state index in [0.29, 0.717) is 37.3 Å². The van der Waals surface area contributed by atoms with Gasteiger partial charge in [-0.2, -0.15) is 8.42 Å². The number of aromatic nitrogens is 1. The number of anilines is 1. The number of hydrogen-bond donors (Lipinski definition) is 1. The van der Waals surface area contributed by atoms with Gasteiger partial charge in [-0.1, -0.05) is 12.1 Å². The highest BCUT2D eigenvalue weighted by Gasteiger charge is 2.35. The van der Waals surface area contributed by atoms with E-state index in [-0.39, 0.29) is 16.5 Å². The third kappa shape index (κ3) is 3.69. The number of amidine groups is 1. The van der Waals surface area contributed by atoms with Crippen molar-refractivity contribution in [1.82, 2.24) is 9.47 Å². The monoisotopic (exact) mass is 452 g/mol. The number of piperidine rings is 1. The van der Waals surface area contributed by atoms with Crippen molar-refractivity contribution in [3.63, 3.8) is 0 Å². The van der Waals surface area contributed by atoms with Crippen molar-refractivity contribution in [2.75, 3.05) is 18.4 Å². The molecule has 1 fully saturated rings. The standard InChI is InChI=1S/C23H21FN4O3S/c24-19-10-9-17(27-11-3-4-12-27)14-20(19)25-23(29)16-6-5-13-28(15-16)22-18-7-1-2-8-21(18)32(30,31)26-22/h1-4,7-12,14,16H,5-6,13,15H2,(H,25,29). The molecule has 2 aromatic carbocycles. The Morgan fingerprint density at radius 1 is 1.09 bits per heavy atom. The van der Waals surface area contributed by atoms with Gasteiger partial charge < -0.3 is 14.8 Å². The summed E-state index contributed by atoms with van der Waals surface area (Å²) in [5.74, 6) is -0.856. The van der Waals surface area contributed by atoms with Crippen LogP contribution >= 0.6 is 0 Å². The third-order valence-corrected chi connectivity index (χ3v) is 7.14. The van der Waals surface area contributed by atoms with E-state index in [4.69, 9.17) is 0 Å². The van der Waals surface area contributed by atoms with Gasteiger partial charge in [0.25, 0.3) is 10.0 Å². The van der Waals surface area contributed by atoms with Crippen molar-refractivity contribution >= 4 is 27.5 Å². The SMILES string of the molecule is O=C(Nc1cc(-n2cccc2)ccc1F)C1CCCN(C2=NS(=O)(=O)c3ccccc32)C1. The summed E-state index contributed by atoms with van der Waals surface area (Å²) in [7, 11) is -3.73. The molecule has 2 aliphatic heterocycles. The molecule has 164 valence electrons. The minimum absolute atomic E-state index is 0.115. The minimum atomic E-state index is -3.73. The Hall–Kier alpha value is -3.46. The van der Waals surface area contributed by atoms with Crippen LogP contribution in [0.2, 0.25) is 0 Å². The number of halogens is 1. The summed E-state index contributed by atoms with van der Waals surface area (Å²) in [6.07, 6.45) is 5.01. The highest BCUT2D eigenvalue weighted by atomic mass is 32.2. The van der Waals surface area contributed by atoms with Gasteiger partial charge in [0, 0.05) is 36.7 Å². The van der Waals surface area contributed by atoms with Gasteiger partial charge in [0.05, 0.1) is 11.6 Å². The fraction of sp³-hybridized carbons (Fsp3) is 0.217. The van der Waals surface area contributed by atoms with Gasteiger partial charge >= 0.3 is 0 Å². The Balaban J connectivity index is 1.35. The van der Waals surface area contributed by atoms with Gasteiger partial charge in [-0.25, -0.2) is 4.39 Å². The smallest absolute Gasteiger partial charge is 0.285 e. The van der Waals surface area contributed by atoms with Crippen molar-refractivity contribution in [2.24, 2.45) is 10.3 Å². The lowest BCUT2D eigenvalue weighted by atomic mass is 9.96. The Labute approximate surface area is 185 Å². The van der Waals surface area contributed by atoms with E-state index in [1.54, 1.807) is 30.3 Å². The number of sulfonamides is 1. The van der Waals surface area contributed by atoms with Crippen molar-refractivity contribution in [3.05, 3.63) is 78.4 Å². The van der Waals surface area contributed by atoms with Crippen LogP contribution in [0.15, 0.2) is 76.3 Å². The summed E-state index contributed by atoms with van der Waals surface area (Å²) in [6.45, 7) is 0.914. The molecule has 1 amide bonds. The molecule has 1 unspecified atom stereocenters. The van der Waals surface area contributed by atoms with Crippen LogP contribution in [-0.4, -0.2) is 42.7 Å². The van der Waals surface area contributed by atoms with E-state index in [1.165, 1.54) is 12.1 Å². The summed E-state index contributed by atoms with van der Waals surface area (Å²) in [5.41, 5.74) is 1.41. The van der Waals surface area contributed by atoms with Crippen LogP contribution < -0.4 is 5.32 Å². The van der Waals surface area contributed by atoms with E-state index in [9.17, 15) is 17.6 Å². The maximum absolute atomic E-state index is 14.4. The Kier molecular flexibility index (Phi) is 5.05. The highest BCUT2D eigenvalue weighted by molar-refractivity contribution is 7.90. The molecule has 7 nitrogen and oxygen atoms in total. The Bertz CT molecular complexity index is 1320. The molecule has 0 spiro atoms. The molecule has 32 heavy (non-hydrogen) atoms. The molecule has 1 aromatic heterocycles. The maximum Gasteiger partial charge on any atom is 0.285 e. The molecule has 0 radical (unpaired) electrons. The normalized spacial score (nSPS) is 19.3. The first-order valence-electron chi connectivity index (χ1n) is 10.4. The summed E-state index contributed by atoms with van der Waals surface area (Å²) < 4.78 is 45.0. The fourth-order valence-electron chi connectivity index (χ4n) is 4.21. The van der Waals surface area contributed by atoms with Crippen molar-refractivity contribution < 1.29 is 17.6 Å². The average Bonchev–Trinajstić information content (AvgIpc) is 3.42. The van der Waals surface area contributed by atoms with Crippen LogP contribution in [-0.2, 0) is 14.8 Å². The Morgan fingerprint density at radius 2 is 1.88 bits per heavy atom. The summed E-state index contributed by atoms with van der Waals surface area (Å²) >= 11 is 0. The molecule has 0 aliphatic carbocycles. The number of hydrogen-bond acceptors (Lipinski definition) is 4. The van der Waals surface area contributed by atoms with Crippen LogP contribution in [0.4, 0.5) is 10.1 Å². The van der Waals surface area contributed by atoms with Crippen LogP contribution in [0.3, 0.4) is 0 Å². The van der Waals surface area contributed by atoms with Crippen molar-refractivity contribution in [1.29, 1.82) is 0 Å². The minimum Gasteiger partial charge on any atom is -0.355 e. The van der Waals surface area contributed by atoms with E-state index < -0.39 is 21.8 Å². The van der Waals surface area contributed by atoms with Crippen LogP contribution in [0, 0.1) is 11.7 Å². The quantitative estimate of drug-likeness (QED) is 0.660. The third-order valence-electron chi connectivity index (χ3n) is 5.81. The number of amides is 1. The predicted molar refractivity (Wildman–Crippen MR) is 119 cm³/mol. The van der Waals surface area contributed by atoms with Gasteiger partial charge in [-0.3, -0.25) is 4.79 Å². The molecule has 1 atom stereocenters. The second kappa shape index (κ2) is 7.90. The lowest BCUT2D eigenvalue weighted by Gasteiger charge is -2.33. The molecule has 9 heteroatoms. The van der Waals surface area contributed by atoms with Crippen LogP contribution in [0.5, 0.6) is 0 Å². The van der Waals surface area contributed by atoms with E-state index in [2.05, 4.69) is 9.71 Å². The Morgan fingerprint density at radius 3 is 2.69 bits per heavy atom. The molecule has 2 aliphatic rings. The zero-order chi connectivity index (χ0) is 22.3. The first-order valence-corrected chi connectivity index (χ1v) is 11.8. The number of likely N-dealkylation sites (tertiary alicyclic amines) is 1. The summed E-state index contributed by atoms with van der Waals surface area (Å²) in [4.78, 5) is 15.0. The van der Waals surface area contributed by atoms with Gasteiger partial charge in [-0.15, -0.1) is 4.40 Å². The average molecular weight is 453 g/mol. The largest absolute Gasteiger partial charge is 0.355 e. The number of nitrogens with one attached hydrogen (secondary N) is 1. The van der Waals surface area contributed by atoms with Crippen molar-refractivity contribution in [3.8, 4) is 5.69 Å². The molecule has 1 N–H and O–H groups in total. The lowest BCUT2D eigenvalue weighted by Crippen LogP contribution is -2.43. The first kappa shape index (κ1) is 20.4. The number of fused-ring (bicyclic) bond motifs is 1. The molecule has 3 aromatic rings. The van der Waals surface area contributed by atoms with Gasteiger partial charge in [-0.05, 0) is 55.3 Å². The zero-order valence-electron chi connectivity index (χ0n) is 17.1.